The third-order valence-corrected chi connectivity index (χ3v) is 3.27. The zero-order chi connectivity index (χ0) is 17.4. The number of ether oxygens (including phenoxy) is 1. The van der Waals surface area contributed by atoms with Gasteiger partial charge in [0.05, 0.1) is 17.9 Å². The molecule has 5 nitrogen and oxygen atoms in total. The van der Waals surface area contributed by atoms with E-state index in [1.54, 1.807) is 37.4 Å². The zero-order valence-corrected chi connectivity index (χ0v) is 13.7. The fourth-order valence-corrected chi connectivity index (χ4v) is 2.11. The number of nitrogens with one attached hydrogen (secondary N) is 2. The van der Waals surface area contributed by atoms with Gasteiger partial charge in [-0.3, -0.25) is 9.59 Å². The highest BCUT2D eigenvalue weighted by atomic mass is 16.5. The predicted octanol–water partition coefficient (Wildman–Crippen LogP) is 3.10. The smallest absolute Gasteiger partial charge is 0.253 e. The number of amides is 2. The van der Waals surface area contributed by atoms with Gasteiger partial charge < -0.3 is 15.4 Å². The van der Waals surface area contributed by atoms with Crippen LogP contribution in [-0.4, -0.2) is 25.5 Å². The first-order chi connectivity index (χ1) is 11.6. The number of rotatable bonds is 6. The number of anilines is 1. The molecule has 2 aromatic carbocycles. The van der Waals surface area contributed by atoms with E-state index in [2.05, 4.69) is 10.6 Å². The van der Waals surface area contributed by atoms with E-state index in [0.29, 0.717) is 17.9 Å². The summed E-state index contributed by atoms with van der Waals surface area (Å²) in [6, 6.07) is 14.3. The molecule has 2 rings (SSSR count). The summed E-state index contributed by atoms with van der Waals surface area (Å²) in [4.78, 5) is 23.9. The summed E-state index contributed by atoms with van der Waals surface area (Å²) in [5.74, 6) is 0.236. The summed E-state index contributed by atoms with van der Waals surface area (Å²) in [7, 11) is 1.55. The quantitative estimate of drug-likeness (QED) is 0.802. The van der Waals surface area contributed by atoms with E-state index in [4.69, 9.17) is 4.74 Å². The Morgan fingerprint density at radius 2 is 1.79 bits per heavy atom. The molecule has 0 aromatic heterocycles. The van der Waals surface area contributed by atoms with E-state index >= 15 is 0 Å². The van der Waals surface area contributed by atoms with Gasteiger partial charge >= 0.3 is 0 Å². The third-order valence-electron chi connectivity index (χ3n) is 3.27. The van der Waals surface area contributed by atoms with Crippen LogP contribution in [0.5, 0.6) is 5.75 Å². The average Bonchev–Trinajstić information content (AvgIpc) is 2.61. The molecule has 0 unspecified atom stereocenters. The lowest BCUT2D eigenvalue weighted by Crippen LogP contribution is -2.20. The Morgan fingerprint density at radius 1 is 1.08 bits per heavy atom. The molecule has 2 aromatic rings. The molecule has 0 aliphatic heterocycles. The van der Waals surface area contributed by atoms with Crippen LogP contribution in [0.3, 0.4) is 0 Å². The lowest BCUT2D eigenvalue weighted by molar-refractivity contribution is -0.111. The van der Waals surface area contributed by atoms with E-state index < -0.39 is 0 Å². The van der Waals surface area contributed by atoms with Crippen molar-refractivity contribution in [3.05, 3.63) is 65.7 Å². The van der Waals surface area contributed by atoms with Crippen LogP contribution in [0.15, 0.2) is 54.6 Å². The molecule has 0 saturated carbocycles. The predicted molar refractivity (Wildman–Crippen MR) is 95.1 cm³/mol. The van der Waals surface area contributed by atoms with Crippen molar-refractivity contribution in [2.75, 3.05) is 19.0 Å². The molecule has 5 heteroatoms. The van der Waals surface area contributed by atoms with Crippen molar-refractivity contribution in [1.82, 2.24) is 5.32 Å². The fraction of sp³-hybridized carbons (Fsp3) is 0.158. The molecule has 0 aliphatic rings. The number of para-hydroxylation sites is 1. The number of benzene rings is 2. The second-order valence-corrected chi connectivity index (χ2v) is 4.95. The monoisotopic (exact) mass is 324 g/mol. The van der Waals surface area contributed by atoms with E-state index in [1.165, 1.54) is 6.08 Å². The Kier molecular flexibility index (Phi) is 6.14. The van der Waals surface area contributed by atoms with E-state index in [1.807, 2.05) is 31.2 Å². The molecular weight excluding hydrogens is 304 g/mol. The molecule has 0 bridgehead atoms. The molecule has 0 aliphatic carbocycles. The lowest BCUT2D eigenvalue weighted by atomic mass is 10.1. The van der Waals surface area contributed by atoms with Gasteiger partial charge in [-0.25, -0.2) is 0 Å². The molecule has 0 heterocycles. The highest BCUT2D eigenvalue weighted by Gasteiger charge is 2.10. The first-order valence-corrected chi connectivity index (χ1v) is 7.67. The summed E-state index contributed by atoms with van der Waals surface area (Å²) in [5, 5.41) is 5.26. The number of carbonyl (C=O) groups excluding carboxylic acids is 2. The SMILES string of the molecule is CCOc1ccc(/C=C/C(=O)Nc2ccccc2C(=O)NC)cc1. The normalized spacial score (nSPS) is 10.4. The Balaban J connectivity index is 2.04. The van der Waals surface area contributed by atoms with Crippen molar-refractivity contribution >= 4 is 23.6 Å². The maximum atomic E-state index is 12.1. The maximum absolute atomic E-state index is 12.1. The fourth-order valence-electron chi connectivity index (χ4n) is 2.11. The van der Waals surface area contributed by atoms with E-state index in [9.17, 15) is 9.59 Å². The number of hydrogen-bond donors (Lipinski definition) is 2. The molecule has 124 valence electrons. The maximum Gasteiger partial charge on any atom is 0.253 e. The van der Waals surface area contributed by atoms with Gasteiger partial charge in [0, 0.05) is 13.1 Å². The van der Waals surface area contributed by atoms with Crippen LogP contribution in [-0.2, 0) is 4.79 Å². The van der Waals surface area contributed by atoms with Crippen LogP contribution in [0, 0.1) is 0 Å². The lowest BCUT2D eigenvalue weighted by Gasteiger charge is -2.08. The summed E-state index contributed by atoms with van der Waals surface area (Å²) in [5.41, 5.74) is 1.77. The Labute approximate surface area is 141 Å². The van der Waals surface area contributed by atoms with E-state index in [0.717, 1.165) is 11.3 Å². The molecular formula is C19H20N2O3. The minimum atomic E-state index is -0.305. The van der Waals surface area contributed by atoms with Gasteiger partial charge in [0.2, 0.25) is 5.91 Å². The van der Waals surface area contributed by atoms with Crippen molar-refractivity contribution in [2.45, 2.75) is 6.92 Å². The van der Waals surface area contributed by atoms with Crippen LogP contribution in [0.4, 0.5) is 5.69 Å². The van der Waals surface area contributed by atoms with Crippen LogP contribution in [0.1, 0.15) is 22.8 Å². The van der Waals surface area contributed by atoms with Crippen molar-refractivity contribution in [3.63, 3.8) is 0 Å². The van der Waals surface area contributed by atoms with Gasteiger partial charge in [-0.15, -0.1) is 0 Å². The third kappa shape index (κ3) is 4.71. The van der Waals surface area contributed by atoms with Crippen LogP contribution in [0.2, 0.25) is 0 Å². The van der Waals surface area contributed by atoms with Gasteiger partial charge in [-0.1, -0.05) is 24.3 Å². The number of carbonyl (C=O) groups is 2. The first kappa shape index (κ1) is 17.3. The van der Waals surface area contributed by atoms with Gasteiger partial charge in [0.15, 0.2) is 0 Å². The molecule has 24 heavy (non-hydrogen) atoms. The summed E-state index contributed by atoms with van der Waals surface area (Å²) in [6.07, 6.45) is 3.13. The molecule has 2 amide bonds. The Bertz CT molecular complexity index is 737. The van der Waals surface area contributed by atoms with E-state index in [-0.39, 0.29) is 11.8 Å². The summed E-state index contributed by atoms with van der Waals surface area (Å²) < 4.78 is 5.37. The molecule has 0 spiro atoms. The zero-order valence-electron chi connectivity index (χ0n) is 13.7. The highest BCUT2D eigenvalue weighted by Crippen LogP contribution is 2.16. The van der Waals surface area contributed by atoms with Crippen LogP contribution < -0.4 is 15.4 Å². The summed E-state index contributed by atoms with van der Waals surface area (Å²) in [6.45, 7) is 2.54. The Morgan fingerprint density at radius 3 is 2.46 bits per heavy atom. The number of hydrogen-bond acceptors (Lipinski definition) is 3. The van der Waals surface area contributed by atoms with Gasteiger partial charge in [0.1, 0.15) is 5.75 Å². The van der Waals surface area contributed by atoms with Crippen molar-refractivity contribution in [2.24, 2.45) is 0 Å². The minimum Gasteiger partial charge on any atom is -0.494 e. The van der Waals surface area contributed by atoms with Crippen LogP contribution in [0.25, 0.3) is 6.08 Å². The molecule has 0 saturated heterocycles. The van der Waals surface area contributed by atoms with Gasteiger partial charge in [-0.05, 0) is 42.8 Å². The van der Waals surface area contributed by atoms with Crippen molar-refractivity contribution < 1.29 is 14.3 Å². The first-order valence-electron chi connectivity index (χ1n) is 7.67. The molecule has 0 fully saturated rings. The molecule has 0 atom stereocenters. The largest absolute Gasteiger partial charge is 0.494 e. The molecule has 0 radical (unpaired) electrons. The minimum absolute atomic E-state index is 0.249. The van der Waals surface area contributed by atoms with Crippen LogP contribution >= 0.6 is 0 Å². The Hall–Kier alpha value is -3.08. The van der Waals surface area contributed by atoms with Crippen molar-refractivity contribution in [1.29, 1.82) is 0 Å². The standard InChI is InChI=1S/C19H20N2O3/c1-3-24-15-11-8-14(9-12-15)10-13-18(22)21-17-7-5-4-6-16(17)19(23)20-2/h4-13H,3H2,1-2H3,(H,20,23)(H,21,22)/b13-10+. The average molecular weight is 324 g/mol. The second kappa shape index (κ2) is 8.53. The van der Waals surface area contributed by atoms with Gasteiger partial charge in [-0.2, -0.15) is 0 Å². The van der Waals surface area contributed by atoms with Gasteiger partial charge in [0.25, 0.3) is 5.91 Å². The topological polar surface area (TPSA) is 67.4 Å². The molecule has 2 N–H and O–H groups in total. The summed E-state index contributed by atoms with van der Waals surface area (Å²) >= 11 is 0. The highest BCUT2D eigenvalue weighted by molar-refractivity contribution is 6.07. The second-order valence-electron chi connectivity index (χ2n) is 4.95. The van der Waals surface area contributed by atoms with Crippen molar-refractivity contribution in [3.8, 4) is 5.75 Å².